The van der Waals surface area contributed by atoms with E-state index in [-0.39, 0.29) is 0 Å². The summed E-state index contributed by atoms with van der Waals surface area (Å²) in [4.78, 5) is 1.02. The van der Waals surface area contributed by atoms with E-state index in [2.05, 4.69) is 30.6 Å². The standard InChI is InChI=1S/C13H19N3S/c1-10(2)15-7-8-16-12-5-4-6-13(17-3)11(12)9-14/h4-6,10,15-16H,7-8H2,1-3H3. The largest absolute Gasteiger partial charge is 0.383 e. The zero-order valence-electron chi connectivity index (χ0n) is 10.6. The molecule has 4 heteroatoms. The van der Waals surface area contributed by atoms with Crippen LogP contribution >= 0.6 is 11.8 Å². The van der Waals surface area contributed by atoms with Gasteiger partial charge in [-0.15, -0.1) is 11.8 Å². The van der Waals surface area contributed by atoms with Gasteiger partial charge < -0.3 is 10.6 Å². The Hall–Kier alpha value is -1.18. The first-order chi connectivity index (χ1) is 8.19. The van der Waals surface area contributed by atoms with Gasteiger partial charge in [-0.05, 0) is 18.4 Å². The maximum atomic E-state index is 9.16. The monoisotopic (exact) mass is 249 g/mol. The van der Waals surface area contributed by atoms with Gasteiger partial charge in [0, 0.05) is 24.0 Å². The zero-order chi connectivity index (χ0) is 12.7. The summed E-state index contributed by atoms with van der Waals surface area (Å²) in [5.41, 5.74) is 1.66. The molecule has 92 valence electrons. The van der Waals surface area contributed by atoms with Crippen LogP contribution in [0.4, 0.5) is 5.69 Å². The molecule has 0 aliphatic heterocycles. The number of nitrogens with one attached hydrogen (secondary N) is 2. The Kier molecular flexibility index (Phi) is 5.88. The van der Waals surface area contributed by atoms with Gasteiger partial charge in [-0.1, -0.05) is 19.9 Å². The third kappa shape index (κ3) is 4.29. The van der Waals surface area contributed by atoms with Gasteiger partial charge in [0.15, 0.2) is 0 Å². The SMILES string of the molecule is CSc1cccc(NCCNC(C)C)c1C#N. The van der Waals surface area contributed by atoms with Crippen LogP contribution in [0.15, 0.2) is 23.1 Å². The summed E-state index contributed by atoms with van der Waals surface area (Å²) < 4.78 is 0. The number of benzene rings is 1. The van der Waals surface area contributed by atoms with Crippen molar-refractivity contribution in [2.45, 2.75) is 24.8 Å². The Labute approximate surface area is 108 Å². The molecule has 0 spiro atoms. The van der Waals surface area contributed by atoms with E-state index in [0.29, 0.717) is 6.04 Å². The molecule has 3 nitrogen and oxygen atoms in total. The summed E-state index contributed by atoms with van der Waals surface area (Å²) in [7, 11) is 0. The van der Waals surface area contributed by atoms with E-state index in [9.17, 15) is 0 Å². The molecule has 0 saturated heterocycles. The van der Waals surface area contributed by atoms with E-state index in [1.165, 1.54) is 0 Å². The quantitative estimate of drug-likeness (QED) is 0.601. The van der Waals surface area contributed by atoms with E-state index < -0.39 is 0 Å². The minimum atomic E-state index is 0.491. The summed E-state index contributed by atoms with van der Waals surface area (Å²) in [5, 5.41) is 15.8. The molecular weight excluding hydrogens is 230 g/mol. The van der Waals surface area contributed by atoms with E-state index in [1.807, 2.05) is 24.5 Å². The lowest BCUT2D eigenvalue weighted by Gasteiger charge is -2.12. The molecule has 2 N–H and O–H groups in total. The normalized spacial score (nSPS) is 10.3. The lowest BCUT2D eigenvalue weighted by atomic mass is 10.2. The molecule has 17 heavy (non-hydrogen) atoms. The Bertz CT molecular complexity index is 396. The van der Waals surface area contributed by atoms with Gasteiger partial charge in [0.05, 0.1) is 11.3 Å². The van der Waals surface area contributed by atoms with Crippen molar-refractivity contribution in [3.63, 3.8) is 0 Å². The summed E-state index contributed by atoms with van der Waals surface area (Å²) in [6, 6.07) is 8.65. The lowest BCUT2D eigenvalue weighted by molar-refractivity contribution is 0.602. The van der Waals surface area contributed by atoms with Crippen molar-refractivity contribution < 1.29 is 0 Å². The van der Waals surface area contributed by atoms with E-state index >= 15 is 0 Å². The van der Waals surface area contributed by atoms with Crippen molar-refractivity contribution in [1.82, 2.24) is 5.32 Å². The van der Waals surface area contributed by atoms with Crippen molar-refractivity contribution >= 4 is 17.4 Å². The van der Waals surface area contributed by atoms with Crippen LogP contribution < -0.4 is 10.6 Å². The minimum absolute atomic E-state index is 0.491. The van der Waals surface area contributed by atoms with Crippen molar-refractivity contribution in [3.05, 3.63) is 23.8 Å². The molecule has 0 unspecified atom stereocenters. The molecule has 0 aliphatic carbocycles. The van der Waals surface area contributed by atoms with Crippen LogP contribution in [-0.4, -0.2) is 25.4 Å². The highest BCUT2D eigenvalue weighted by atomic mass is 32.2. The maximum absolute atomic E-state index is 9.16. The van der Waals surface area contributed by atoms with E-state index in [4.69, 9.17) is 5.26 Å². The summed E-state index contributed by atoms with van der Waals surface area (Å²) in [5.74, 6) is 0. The molecule has 0 amide bonds. The van der Waals surface area contributed by atoms with Crippen molar-refractivity contribution in [2.24, 2.45) is 0 Å². The highest BCUT2D eigenvalue weighted by molar-refractivity contribution is 7.98. The van der Waals surface area contributed by atoms with Crippen LogP contribution in [0.5, 0.6) is 0 Å². The first kappa shape index (κ1) is 13.9. The lowest BCUT2D eigenvalue weighted by Crippen LogP contribution is -2.28. The average molecular weight is 249 g/mol. The number of hydrogen-bond donors (Lipinski definition) is 2. The second-order valence-electron chi connectivity index (χ2n) is 4.03. The minimum Gasteiger partial charge on any atom is -0.383 e. The predicted octanol–water partition coefficient (Wildman–Crippen LogP) is 2.69. The fourth-order valence-electron chi connectivity index (χ4n) is 1.52. The molecule has 0 heterocycles. The highest BCUT2D eigenvalue weighted by Crippen LogP contribution is 2.25. The molecule has 1 rings (SSSR count). The van der Waals surface area contributed by atoms with Crippen molar-refractivity contribution in [3.8, 4) is 6.07 Å². The van der Waals surface area contributed by atoms with Crippen molar-refractivity contribution in [1.29, 1.82) is 5.26 Å². The molecule has 0 saturated carbocycles. The van der Waals surface area contributed by atoms with Gasteiger partial charge in [0.2, 0.25) is 0 Å². The van der Waals surface area contributed by atoms with Crippen LogP contribution in [-0.2, 0) is 0 Å². The highest BCUT2D eigenvalue weighted by Gasteiger charge is 2.06. The third-order valence-corrected chi connectivity index (χ3v) is 3.13. The summed E-state index contributed by atoms with van der Waals surface area (Å²) in [6.45, 7) is 5.96. The van der Waals surface area contributed by atoms with Crippen molar-refractivity contribution in [2.75, 3.05) is 24.7 Å². The van der Waals surface area contributed by atoms with Crippen LogP contribution in [0.1, 0.15) is 19.4 Å². The summed E-state index contributed by atoms with van der Waals surface area (Å²) in [6.07, 6.45) is 1.99. The van der Waals surface area contributed by atoms with Gasteiger partial charge in [-0.3, -0.25) is 0 Å². The van der Waals surface area contributed by atoms with Gasteiger partial charge in [-0.2, -0.15) is 5.26 Å². The van der Waals surface area contributed by atoms with Gasteiger partial charge in [-0.25, -0.2) is 0 Å². The molecular formula is C13H19N3S. The topological polar surface area (TPSA) is 47.8 Å². The fourth-order valence-corrected chi connectivity index (χ4v) is 2.10. The average Bonchev–Trinajstić information content (AvgIpc) is 2.33. The van der Waals surface area contributed by atoms with Crippen LogP contribution in [0, 0.1) is 11.3 Å². The maximum Gasteiger partial charge on any atom is 0.102 e. The number of nitriles is 1. The zero-order valence-corrected chi connectivity index (χ0v) is 11.4. The molecule has 0 bridgehead atoms. The number of anilines is 1. The second kappa shape index (κ2) is 7.21. The Morgan fingerprint density at radius 2 is 2.12 bits per heavy atom. The number of hydrogen-bond acceptors (Lipinski definition) is 4. The molecule has 0 aromatic heterocycles. The van der Waals surface area contributed by atoms with Gasteiger partial charge in [0.1, 0.15) is 6.07 Å². The number of thioether (sulfide) groups is 1. The fraction of sp³-hybridized carbons (Fsp3) is 0.462. The first-order valence-electron chi connectivity index (χ1n) is 5.73. The second-order valence-corrected chi connectivity index (χ2v) is 4.88. The molecule has 0 aliphatic rings. The number of rotatable bonds is 6. The summed E-state index contributed by atoms with van der Waals surface area (Å²) >= 11 is 1.60. The number of nitrogens with zero attached hydrogens (tertiary/aromatic N) is 1. The van der Waals surface area contributed by atoms with Crippen LogP contribution in [0.25, 0.3) is 0 Å². The van der Waals surface area contributed by atoms with E-state index in [1.54, 1.807) is 11.8 Å². The molecule has 0 fully saturated rings. The van der Waals surface area contributed by atoms with Crippen LogP contribution in [0.3, 0.4) is 0 Å². The smallest absolute Gasteiger partial charge is 0.102 e. The van der Waals surface area contributed by atoms with E-state index in [0.717, 1.165) is 29.2 Å². The molecule has 0 atom stereocenters. The Balaban J connectivity index is 2.62. The first-order valence-corrected chi connectivity index (χ1v) is 6.96. The third-order valence-electron chi connectivity index (χ3n) is 2.35. The molecule has 0 radical (unpaired) electrons. The molecule has 1 aromatic carbocycles. The Morgan fingerprint density at radius 1 is 1.35 bits per heavy atom. The molecule has 1 aromatic rings. The predicted molar refractivity (Wildman–Crippen MR) is 74.6 cm³/mol. The Morgan fingerprint density at radius 3 is 2.71 bits per heavy atom. The van der Waals surface area contributed by atoms with Gasteiger partial charge >= 0.3 is 0 Å². The van der Waals surface area contributed by atoms with Gasteiger partial charge in [0.25, 0.3) is 0 Å². The van der Waals surface area contributed by atoms with Crippen LogP contribution in [0.2, 0.25) is 0 Å².